The van der Waals surface area contributed by atoms with Crippen LogP contribution in [-0.4, -0.2) is 39.3 Å². The second-order valence-electron chi connectivity index (χ2n) is 5.61. The summed E-state index contributed by atoms with van der Waals surface area (Å²) in [7, 11) is 0. The number of hydrogen-bond acceptors (Lipinski definition) is 7. The van der Waals surface area contributed by atoms with Crippen molar-refractivity contribution < 1.29 is 9.05 Å². The molecule has 1 aliphatic heterocycles. The van der Waals surface area contributed by atoms with E-state index < -0.39 is 0 Å². The molecule has 0 unspecified atom stereocenters. The molecule has 1 saturated heterocycles. The minimum atomic E-state index is 0.462. The van der Waals surface area contributed by atoms with E-state index in [-0.39, 0.29) is 0 Å². The first-order chi connectivity index (χ1) is 10.2. The summed E-state index contributed by atoms with van der Waals surface area (Å²) in [6.07, 6.45) is 2.35. The van der Waals surface area contributed by atoms with Gasteiger partial charge in [-0.05, 0) is 26.3 Å². The summed E-state index contributed by atoms with van der Waals surface area (Å²) in [4.78, 5) is 6.62. The molecule has 0 bridgehead atoms. The topological polar surface area (TPSA) is 80.2 Å². The van der Waals surface area contributed by atoms with E-state index in [9.17, 15) is 0 Å². The monoisotopic (exact) mass is 291 g/mol. The molecule has 1 fully saturated rings. The lowest BCUT2D eigenvalue weighted by atomic mass is 10.1. The van der Waals surface area contributed by atoms with E-state index in [0.29, 0.717) is 11.9 Å². The lowest BCUT2D eigenvalue weighted by molar-refractivity contribution is 0.176. The van der Waals surface area contributed by atoms with E-state index in [1.54, 1.807) is 0 Å². The van der Waals surface area contributed by atoms with E-state index in [4.69, 9.17) is 9.05 Å². The predicted molar refractivity (Wildman–Crippen MR) is 75.4 cm³/mol. The number of piperidine rings is 1. The number of aromatic nitrogens is 3. The van der Waals surface area contributed by atoms with Crippen molar-refractivity contribution in [3.05, 3.63) is 29.2 Å². The zero-order valence-corrected chi connectivity index (χ0v) is 12.5. The van der Waals surface area contributed by atoms with Gasteiger partial charge in [-0.1, -0.05) is 10.3 Å². The molecule has 7 heteroatoms. The molecule has 3 heterocycles. The fraction of sp³-hybridized carbons (Fsp3) is 0.643. The second kappa shape index (κ2) is 6.36. The third-order valence-corrected chi connectivity index (χ3v) is 3.69. The molecular formula is C14H21N5O2. The van der Waals surface area contributed by atoms with Crippen molar-refractivity contribution >= 4 is 0 Å². The third-order valence-electron chi connectivity index (χ3n) is 3.69. The fourth-order valence-electron chi connectivity index (χ4n) is 2.72. The SMILES string of the molecule is Cc1cc(CN[C@H]2CCCN(Cc3noc(C)n3)C2)no1. The van der Waals surface area contributed by atoms with Crippen LogP contribution in [0, 0.1) is 13.8 Å². The number of aryl methyl sites for hydroxylation is 2. The van der Waals surface area contributed by atoms with E-state index in [1.165, 1.54) is 12.8 Å². The van der Waals surface area contributed by atoms with E-state index in [0.717, 1.165) is 43.5 Å². The van der Waals surface area contributed by atoms with Crippen molar-refractivity contribution in [2.24, 2.45) is 0 Å². The Morgan fingerprint density at radius 2 is 2.24 bits per heavy atom. The molecule has 0 saturated carbocycles. The Kier molecular flexibility index (Phi) is 4.31. The average Bonchev–Trinajstić information content (AvgIpc) is 3.06. The number of likely N-dealkylation sites (tertiary alicyclic amines) is 1. The number of nitrogens with one attached hydrogen (secondary N) is 1. The summed E-state index contributed by atoms with van der Waals surface area (Å²) in [5.74, 6) is 2.24. The number of rotatable bonds is 5. The van der Waals surface area contributed by atoms with Gasteiger partial charge in [0.2, 0.25) is 5.89 Å². The Morgan fingerprint density at radius 3 is 2.95 bits per heavy atom. The molecule has 1 N–H and O–H groups in total. The minimum Gasteiger partial charge on any atom is -0.361 e. The van der Waals surface area contributed by atoms with Gasteiger partial charge in [0.05, 0.1) is 12.2 Å². The van der Waals surface area contributed by atoms with Crippen LogP contribution in [0.5, 0.6) is 0 Å². The second-order valence-corrected chi connectivity index (χ2v) is 5.61. The summed E-state index contributed by atoms with van der Waals surface area (Å²) in [5.41, 5.74) is 0.957. The van der Waals surface area contributed by atoms with Crippen LogP contribution in [0.25, 0.3) is 0 Å². The number of hydrogen-bond donors (Lipinski definition) is 1. The van der Waals surface area contributed by atoms with E-state index >= 15 is 0 Å². The Bertz CT molecular complexity index is 579. The largest absolute Gasteiger partial charge is 0.361 e. The molecule has 0 aliphatic carbocycles. The van der Waals surface area contributed by atoms with Crippen LogP contribution in [0.15, 0.2) is 15.1 Å². The van der Waals surface area contributed by atoms with Gasteiger partial charge in [-0.2, -0.15) is 4.98 Å². The highest BCUT2D eigenvalue weighted by atomic mass is 16.5. The summed E-state index contributed by atoms with van der Waals surface area (Å²) in [6, 6.07) is 2.43. The zero-order chi connectivity index (χ0) is 14.7. The van der Waals surface area contributed by atoms with Crippen LogP contribution in [0.2, 0.25) is 0 Å². The molecule has 1 atom stereocenters. The van der Waals surface area contributed by atoms with Crippen LogP contribution in [0.4, 0.5) is 0 Å². The van der Waals surface area contributed by atoms with Crippen LogP contribution in [-0.2, 0) is 13.1 Å². The van der Waals surface area contributed by atoms with Gasteiger partial charge in [-0.3, -0.25) is 4.90 Å². The van der Waals surface area contributed by atoms with Crippen LogP contribution in [0.1, 0.15) is 36.0 Å². The maximum absolute atomic E-state index is 5.08. The van der Waals surface area contributed by atoms with E-state index in [1.807, 2.05) is 19.9 Å². The molecule has 0 aromatic carbocycles. The smallest absolute Gasteiger partial charge is 0.223 e. The van der Waals surface area contributed by atoms with Gasteiger partial charge in [0.25, 0.3) is 0 Å². The molecule has 2 aromatic rings. The zero-order valence-electron chi connectivity index (χ0n) is 12.5. The Hall–Kier alpha value is -1.73. The van der Waals surface area contributed by atoms with Gasteiger partial charge >= 0.3 is 0 Å². The van der Waals surface area contributed by atoms with Crippen LogP contribution < -0.4 is 5.32 Å². The summed E-state index contributed by atoms with van der Waals surface area (Å²) in [5, 5.41) is 11.5. The van der Waals surface area contributed by atoms with Gasteiger partial charge in [0.15, 0.2) is 5.82 Å². The molecule has 21 heavy (non-hydrogen) atoms. The molecule has 3 rings (SSSR count). The van der Waals surface area contributed by atoms with Crippen molar-refractivity contribution in [3.8, 4) is 0 Å². The van der Waals surface area contributed by atoms with Crippen molar-refractivity contribution in [3.63, 3.8) is 0 Å². The Morgan fingerprint density at radius 1 is 1.33 bits per heavy atom. The first-order valence-corrected chi connectivity index (χ1v) is 7.36. The van der Waals surface area contributed by atoms with E-state index in [2.05, 4.69) is 25.5 Å². The van der Waals surface area contributed by atoms with Gasteiger partial charge in [0.1, 0.15) is 5.76 Å². The van der Waals surface area contributed by atoms with Gasteiger partial charge < -0.3 is 14.4 Å². The molecule has 114 valence electrons. The highest BCUT2D eigenvalue weighted by Crippen LogP contribution is 2.13. The molecule has 2 aromatic heterocycles. The van der Waals surface area contributed by atoms with Crippen molar-refractivity contribution in [1.29, 1.82) is 0 Å². The van der Waals surface area contributed by atoms with Crippen molar-refractivity contribution in [1.82, 2.24) is 25.5 Å². The van der Waals surface area contributed by atoms with Gasteiger partial charge in [0, 0.05) is 32.1 Å². The lowest BCUT2D eigenvalue weighted by Gasteiger charge is -2.32. The maximum atomic E-state index is 5.08. The lowest BCUT2D eigenvalue weighted by Crippen LogP contribution is -2.45. The first-order valence-electron chi connectivity index (χ1n) is 7.36. The highest BCUT2D eigenvalue weighted by Gasteiger charge is 2.21. The van der Waals surface area contributed by atoms with Crippen LogP contribution >= 0.6 is 0 Å². The predicted octanol–water partition coefficient (Wildman–Crippen LogP) is 1.43. The van der Waals surface area contributed by atoms with Gasteiger partial charge in [-0.25, -0.2) is 0 Å². The molecule has 0 spiro atoms. The third kappa shape index (κ3) is 3.89. The summed E-state index contributed by atoms with van der Waals surface area (Å²) >= 11 is 0. The van der Waals surface area contributed by atoms with Crippen molar-refractivity contribution in [2.45, 2.75) is 45.8 Å². The fourth-order valence-corrected chi connectivity index (χ4v) is 2.72. The molecular weight excluding hydrogens is 270 g/mol. The quantitative estimate of drug-likeness (QED) is 0.892. The summed E-state index contributed by atoms with van der Waals surface area (Å²) in [6.45, 7) is 7.29. The molecule has 0 amide bonds. The Labute approximate surface area is 123 Å². The number of nitrogens with zero attached hydrogens (tertiary/aromatic N) is 4. The minimum absolute atomic E-state index is 0.462. The first kappa shape index (κ1) is 14.2. The summed E-state index contributed by atoms with van der Waals surface area (Å²) < 4.78 is 10.1. The van der Waals surface area contributed by atoms with Crippen LogP contribution in [0.3, 0.4) is 0 Å². The highest BCUT2D eigenvalue weighted by molar-refractivity contribution is 5.03. The molecule has 7 nitrogen and oxygen atoms in total. The maximum Gasteiger partial charge on any atom is 0.223 e. The Balaban J connectivity index is 1.48. The normalized spacial score (nSPS) is 20.0. The average molecular weight is 291 g/mol. The van der Waals surface area contributed by atoms with Gasteiger partial charge in [-0.15, -0.1) is 0 Å². The van der Waals surface area contributed by atoms with Crippen molar-refractivity contribution in [2.75, 3.05) is 13.1 Å². The standard InChI is InChI=1S/C14H21N5O2/c1-10-6-13(17-20-10)7-15-12-4-3-5-19(8-12)9-14-16-11(2)21-18-14/h6,12,15H,3-5,7-9H2,1-2H3/t12-/m0/s1. The molecule has 0 radical (unpaired) electrons. The molecule has 1 aliphatic rings.